The summed E-state index contributed by atoms with van der Waals surface area (Å²) < 4.78 is 25.8. The van der Waals surface area contributed by atoms with E-state index in [2.05, 4.69) is 4.90 Å². The minimum Gasteiger partial charge on any atom is -0.372 e. The van der Waals surface area contributed by atoms with Crippen LogP contribution in [0.1, 0.15) is 24.9 Å². The van der Waals surface area contributed by atoms with Crippen molar-refractivity contribution in [2.45, 2.75) is 19.4 Å². The van der Waals surface area contributed by atoms with E-state index in [1.54, 1.807) is 24.3 Å². The number of nitrogens with zero attached hydrogens (tertiary/aromatic N) is 1. The Morgan fingerprint density at radius 3 is 2.00 bits per heavy atom. The lowest BCUT2D eigenvalue weighted by Crippen LogP contribution is -2.27. The number of benzene rings is 2. The fourth-order valence-corrected chi connectivity index (χ4v) is 2.29. The summed E-state index contributed by atoms with van der Waals surface area (Å²) in [6.45, 7) is 3.63. The van der Waals surface area contributed by atoms with Gasteiger partial charge in [-0.25, -0.2) is 8.78 Å². The highest BCUT2D eigenvalue weighted by Gasteiger charge is 2.10. The normalized spacial score (nSPS) is 12.2. The second kappa shape index (κ2) is 7.18. The lowest BCUT2D eigenvalue weighted by molar-refractivity contribution is 0.613. The molecule has 4 heteroatoms. The van der Waals surface area contributed by atoms with Gasteiger partial charge in [0.25, 0.3) is 0 Å². The van der Waals surface area contributed by atoms with Crippen LogP contribution in [-0.4, -0.2) is 13.1 Å². The highest BCUT2D eigenvalue weighted by Crippen LogP contribution is 2.19. The van der Waals surface area contributed by atoms with Gasteiger partial charge in [-0.05, 0) is 55.3 Å². The van der Waals surface area contributed by atoms with Gasteiger partial charge in [-0.3, -0.25) is 0 Å². The fraction of sp³-hybridized carbons (Fsp3) is 0.294. The van der Waals surface area contributed by atoms with Crippen molar-refractivity contribution >= 4 is 5.69 Å². The van der Waals surface area contributed by atoms with E-state index in [4.69, 9.17) is 5.73 Å². The molecule has 0 saturated heterocycles. The van der Waals surface area contributed by atoms with E-state index >= 15 is 0 Å². The number of anilines is 1. The molecule has 112 valence electrons. The molecule has 1 atom stereocenters. The second-order valence-electron chi connectivity index (χ2n) is 5.00. The van der Waals surface area contributed by atoms with Crippen LogP contribution in [0.4, 0.5) is 14.5 Å². The molecule has 0 amide bonds. The average molecular weight is 290 g/mol. The highest BCUT2D eigenvalue weighted by atomic mass is 19.1. The van der Waals surface area contributed by atoms with E-state index in [0.29, 0.717) is 0 Å². The summed E-state index contributed by atoms with van der Waals surface area (Å²) in [4.78, 5) is 2.14. The predicted molar refractivity (Wildman–Crippen MR) is 82.2 cm³/mol. The van der Waals surface area contributed by atoms with Crippen LogP contribution in [0.2, 0.25) is 0 Å². The molecule has 2 aromatic carbocycles. The molecule has 0 aromatic heterocycles. The summed E-state index contributed by atoms with van der Waals surface area (Å²) in [5, 5.41) is 0. The maximum Gasteiger partial charge on any atom is 0.123 e. The van der Waals surface area contributed by atoms with Crippen LogP contribution in [0.15, 0.2) is 48.5 Å². The monoisotopic (exact) mass is 290 g/mol. The maximum absolute atomic E-state index is 13.0. The molecule has 21 heavy (non-hydrogen) atoms. The zero-order valence-electron chi connectivity index (χ0n) is 12.1. The summed E-state index contributed by atoms with van der Waals surface area (Å²) in [5.41, 5.74) is 8.04. The van der Waals surface area contributed by atoms with E-state index < -0.39 is 0 Å². The Balaban J connectivity index is 1.96. The van der Waals surface area contributed by atoms with Gasteiger partial charge >= 0.3 is 0 Å². The molecule has 0 spiro atoms. The van der Waals surface area contributed by atoms with Crippen LogP contribution in [0.5, 0.6) is 0 Å². The molecule has 0 aliphatic carbocycles. The van der Waals surface area contributed by atoms with Gasteiger partial charge in [0.05, 0.1) is 0 Å². The lowest BCUT2D eigenvalue weighted by atomic mass is 10.0. The zero-order valence-corrected chi connectivity index (χ0v) is 12.1. The van der Waals surface area contributed by atoms with Crippen LogP contribution in [0.25, 0.3) is 0 Å². The van der Waals surface area contributed by atoms with E-state index in [0.717, 1.165) is 30.8 Å². The average Bonchev–Trinajstić information content (AvgIpc) is 2.50. The van der Waals surface area contributed by atoms with Gasteiger partial charge in [0, 0.05) is 24.8 Å². The maximum atomic E-state index is 13.0. The molecule has 0 saturated carbocycles. The van der Waals surface area contributed by atoms with Gasteiger partial charge in [0.1, 0.15) is 11.6 Å². The van der Waals surface area contributed by atoms with Crippen molar-refractivity contribution in [3.05, 3.63) is 65.7 Å². The van der Waals surface area contributed by atoms with Gasteiger partial charge in [-0.15, -0.1) is 0 Å². The molecule has 1 unspecified atom stereocenters. The first kappa shape index (κ1) is 15.4. The van der Waals surface area contributed by atoms with Crippen molar-refractivity contribution in [1.29, 1.82) is 0 Å². The minimum absolute atomic E-state index is 0.139. The Hall–Kier alpha value is -1.94. The number of hydrogen-bond donors (Lipinski definition) is 1. The van der Waals surface area contributed by atoms with Crippen LogP contribution in [0.3, 0.4) is 0 Å². The van der Waals surface area contributed by atoms with Crippen LogP contribution in [0, 0.1) is 11.6 Å². The van der Waals surface area contributed by atoms with Gasteiger partial charge in [0.2, 0.25) is 0 Å². The summed E-state index contributed by atoms with van der Waals surface area (Å²) in [6, 6.07) is 12.6. The molecule has 0 heterocycles. The van der Waals surface area contributed by atoms with Crippen molar-refractivity contribution < 1.29 is 8.78 Å². The molecule has 0 radical (unpaired) electrons. The number of hydrogen-bond acceptors (Lipinski definition) is 2. The summed E-state index contributed by atoms with van der Waals surface area (Å²) in [6.07, 6.45) is 0.747. The van der Waals surface area contributed by atoms with Gasteiger partial charge in [-0.2, -0.15) is 0 Å². The zero-order chi connectivity index (χ0) is 15.2. The van der Waals surface area contributed by atoms with Crippen molar-refractivity contribution in [2.24, 2.45) is 5.73 Å². The molecule has 0 bridgehead atoms. The Bertz CT molecular complexity index is 552. The molecule has 2 rings (SSSR count). The Morgan fingerprint density at radius 2 is 1.48 bits per heavy atom. The largest absolute Gasteiger partial charge is 0.372 e. The third kappa shape index (κ3) is 4.26. The molecular formula is C17H20F2N2. The van der Waals surface area contributed by atoms with Crippen LogP contribution >= 0.6 is 0 Å². The number of halogens is 2. The van der Waals surface area contributed by atoms with E-state index in [-0.39, 0.29) is 17.7 Å². The van der Waals surface area contributed by atoms with Crippen LogP contribution in [-0.2, 0) is 0 Å². The first-order valence-corrected chi connectivity index (χ1v) is 7.11. The second-order valence-corrected chi connectivity index (χ2v) is 5.00. The number of nitrogens with two attached hydrogens (primary N) is 1. The molecule has 2 N–H and O–H groups in total. The van der Waals surface area contributed by atoms with Crippen molar-refractivity contribution in [2.75, 3.05) is 18.0 Å². The molecule has 0 aliphatic heterocycles. The fourth-order valence-electron chi connectivity index (χ4n) is 2.29. The van der Waals surface area contributed by atoms with Crippen molar-refractivity contribution in [3.8, 4) is 0 Å². The van der Waals surface area contributed by atoms with Crippen molar-refractivity contribution in [3.63, 3.8) is 0 Å². The highest BCUT2D eigenvalue weighted by molar-refractivity contribution is 5.46. The van der Waals surface area contributed by atoms with E-state index in [1.165, 1.54) is 24.3 Å². The summed E-state index contributed by atoms with van der Waals surface area (Å²) >= 11 is 0. The standard InChI is InChI=1S/C17H20F2N2/c1-2-21(16-9-7-15(19)8-10-16)12-11-17(20)13-3-5-14(18)6-4-13/h3-10,17H,2,11-12,20H2,1H3. The lowest BCUT2D eigenvalue weighted by Gasteiger charge is -2.25. The first-order valence-electron chi connectivity index (χ1n) is 7.11. The van der Waals surface area contributed by atoms with Crippen molar-refractivity contribution in [1.82, 2.24) is 0 Å². The smallest absolute Gasteiger partial charge is 0.123 e. The topological polar surface area (TPSA) is 29.3 Å². The third-order valence-electron chi connectivity index (χ3n) is 3.58. The SMILES string of the molecule is CCN(CCC(N)c1ccc(F)cc1)c1ccc(F)cc1. The molecule has 0 fully saturated rings. The van der Waals surface area contributed by atoms with Crippen LogP contribution < -0.4 is 10.6 Å². The Labute approximate surface area is 124 Å². The quantitative estimate of drug-likeness (QED) is 0.874. The molecule has 2 nitrogen and oxygen atoms in total. The molecule has 2 aromatic rings. The van der Waals surface area contributed by atoms with E-state index in [9.17, 15) is 8.78 Å². The summed E-state index contributed by atoms with van der Waals surface area (Å²) in [5.74, 6) is -0.495. The molecular weight excluding hydrogens is 270 g/mol. The van der Waals surface area contributed by atoms with E-state index in [1.807, 2.05) is 6.92 Å². The van der Waals surface area contributed by atoms with Gasteiger partial charge in [-0.1, -0.05) is 12.1 Å². The first-order chi connectivity index (χ1) is 10.1. The third-order valence-corrected chi connectivity index (χ3v) is 3.58. The Kier molecular flexibility index (Phi) is 5.28. The van der Waals surface area contributed by atoms with Gasteiger partial charge in [0.15, 0.2) is 0 Å². The molecule has 0 aliphatic rings. The summed E-state index contributed by atoms with van der Waals surface area (Å²) in [7, 11) is 0. The predicted octanol–water partition coefficient (Wildman–Crippen LogP) is 3.88. The number of rotatable bonds is 6. The Morgan fingerprint density at radius 1 is 0.952 bits per heavy atom. The van der Waals surface area contributed by atoms with Gasteiger partial charge < -0.3 is 10.6 Å². The minimum atomic E-state index is -0.257.